The molecule has 5 heteroatoms. The van der Waals surface area contributed by atoms with Gasteiger partial charge in [0.05, 0.1) is 12.5 Å². The molecule has 0 saturated carbocycles. The van der Waals surface area contributed by atoms with Gasteiger partial charge in [-0.3, -0.25) is 14.4 Å². The summed E-state index contributed by atoms with van der Waals surface area (Å²) >= 11 is 0. The third-order valence-corrected chi connectivity index (χ3v) is 4.60. The average Bonchev–Trinajstić information content (AvgIpc) is 2.78. The Kier molecular flexibility index (Phi) is 7.11. The van der Waals surface area contributed by atoms with Crippen molar-refractivity contribution in [2.45, 2.75) is 25.5 Å². The van der Waals surface area contributed by atoms with Gasteiger partial charge in [-0.25, -0.2) is 0 Å². The molecule has 1 N–H and O–H groups in total. The van der Waals surface area contributed by atoms with Crippen molar-refractivity contribution < 1.29 is 19.1 Å². The average molecular weight is 401 g/mol. The Morgan fingerprint density at radius 3 is 1.80 bits per heavy atom. The van der Waals surface area contributed by atoms with Crippen LogP contribution in [0.4, 0.5) is 0 Å². The molecule has 3 aromatic rings. The number of rotatable bonds is 8. The zero-order chi connectivity index (χ0) is 21.3. The van der Waals surface area contributed by atoms with E-state index in [1.807, 2.05) is 42.5 Å². The maximum atomic E-state index is 13.1. The molecule has 0 bridgehead atoms. The first-order chi connectivity index (χ1) is 14.5. The van der Waals surface area contributed by atoms with Crippen LogP contribution in [0.25, 0.3) is 0 Å². The number of hydrogen-bond donors (Lipinski definition) is 1. The summed E-state index contributed by atoms with van der Waals surface area (Å²) in [5.41, 5.74) is 1.84. The number of carbonyl (C=O) groups excluding carboxylic acids is 3. The van der Waals surface area contributed by atoms with E-state index in [1.165, 1.54) is 6.92 Å². The van der Waals surface area contributed by atoms with Crippen molar-refractivity contribution in [3.05, 3.63) is 108 Å². The van der Waals surface area contributed by atoms with Crippen LogP contribution in [0.15, 0.2) is 91.0 Å². The molecular formula is C25H23NO4. The molecule has 3 aromatic carbocycles. The quantitative estimate of drug-likeness (QED) is 0.448. The molecule has 2 unspecified atom stereocenters. The lowest BCUT2D eigenvalue weighted by atomic mass is 9.99. The van der Waals surface area contributed by atoms with Crippen molar-refractivity contribution >= 4 is 17.7 Å². The smallest absolute Gasteiger partial charge is 0.309 e. The van der Waals surface area contributed by atoms with Gasteiger partial charge in [-0.1, -0.05) is 91.0 Å². The van der Waals surface area contributed by atoms with Crippen molar-refractivity contribution in [3.8, 4) is 0 Å². The molecule has 3 rings (SSSR count). The maximum Gasteiger partial charge on any atom is 0.309 e. The Bertz CT molecular complexity index is 987. The lowest BCUT2D eigenvalue weighted by Gasteiger charge is -2.21. The number of ketones is 1. The monoisotopic (exact) mass is 401 g/mol. The highest BCUT2D eigenvalue weighted by molar-refractivity contribution is 6.01. The van der Waals surface area contributed by atoms with E-state index in [-0.39, 0.29) is 18.1 Å². The highest BCUT2D eigenvalue weighted by Gasteiger charge is 2.27. The Morgan fingerprint density at radius 1 is 0.767 bits per heavy atom. The van der Waals surface area contributed by atoms with E-state index in [4.69, 9.17) is 4.74 Å². The fraction of sp³-hybridized carbons (Fsp3) is 0.160. The molecule has 0 aliphatic carbocycles. The number of carbonyl (C=O) groups is 3. The Balaban J connectivity index is 1.82. The SMILES string of the molecule is CC(=O)NC(CC(=O)OC(C(=O)c1ccccc1)c1ccccc1)c1ccccc1. The van der Waals surface area contributed by atoms with Gasteiger partial charge in [0.2, 0.25) is 11.7 Å². The maximum absolute atomic E-state index is 13.1. The van der Waals surface area contributed by atoms with Crippen molar-refractivity contribution in [3.63, 3.8) is 0 Å². The third kappa shape index (κ3) is 5.64. The molecule has 0 heterocycles. The Labute approximate surface area is 175 Å². The van der Waals surface area contributed by atoms with E-state index in [1.54, 1.807) is 48.5 Å². The highest BCUT2D eigenvalue weighted by Crippen LogP contribution is 2.25. The molecule has 152 valence electrons. The van der Waals surface area contributed by atoms with Gasteiger partial charge in [-0.05, 0) is 5.56 Å². The van der Waals surface area contributed by atoms with Crippen LogP contribution >= 0.6 is 0 Å². The van der Waals surface area contributed by atoms with Gasteiger partial charge >= 0.3 is 5.97 Å². The summed E-state index contributed by atoms with van der Waals surface area (Å²) in [6, 6.07) is 26.3. The van der Waals surface area contributed by atoms with Crippen molar-refractivity contribution in [2.24, 2.45) is 0 Å². The third-order valence-electron chi connectivity index (χ3n) is 4.60. The van der Waals surface area contributed by atoms with Crippen LogP contribution in [-0.4, -0.2) is 17.7 Å². The molecule has 0 spiro atoms. The standard InChI is InChI=1S/C25H23NO4/c1-18(27)26-22(19-11-5-2-6-12-19)17-23(28)30-25(21-15-9-4-10-16-21)24(29)20-13-7-3-8-14-20/h2-16,22,25H,17H2,1H3,(H,26,27). The number of nitrogens with one attached hydrogen (secondary N) is 1. The van der Waals surface area contributed by atoms with E-state index in [0.717, 1.165) is 5.56 Å². The lowest BCUT2D eigenvalue weighted by molar-refractivity contribution is -0.148. The summed E-state index contributed by atoms with van der Waals surface area (Å²) in [6.45, 7) is 1.40. The van der Waals surface area contributed by atoms with Crippen LogP contribution in [-0.2, 0) is 14.3 Å². The van der Waals surface area contributed by atoms with Gasteiger partial charge in [0.15, 0.2) is 6.10 Å². The summed E-state index contributed by atoms with van der Waals surface area (Å²) < 4.78 is 5.65. The van der Waals surface area contributed by atoms with Crippen molar-refractivity contribution in [1.29, 1.82) is 0 Å². The molecule has 0 aliphatic rings. The molecule has 0 radical (unpaired) electrons. The molecule has 0 aromatic heterocycles. The minimum absolute atomic E-state index is 0.0883. The number of amides is 1. The predicted molar refractivity (Wildman–Crippen MR) is 114 cm³/mol. The molecular weight excluding hydrogens is 378 g/mol. The van der Waals surface area contributed by atoms with Crippen molar-refractivity contribution in [2.75, 3.05) is 0 Å². The fourth-order valence-corrected chi connectivity index (χ4v) is 3.18. The van der Waals surface area contributed by atoms with E-state index >= 15 is 0 Å². The second-order valence-corrected chi connectivity index (χ2v) is 6.88. The molecule has 30 heavy (non-hydrogen) atoms. The topological polar surface area (TPSA) is 72.5 Å². The van der Waals surface area contributed by atoms with E-state index in [2.05, 4.69) is 5.32 Å². The Morgan fingerprint density at radius 2 is 1.27 bits per heavy atom. The largest absolute Gasteiger partial charge is 0.449 e. The van der Waals surface area contributed by atoms with Crippen molar-refractivity contribution in [1.82, 2.24) is 5.32 Å². The summed E-state index contributed by atoms with van der Waals surface area (Å²) in [6.07, 6.45) is -1.15. The van der Waals surface area contributed by atoms with E-state index in [9.17, 15) is 14.4 Å². The zero-order valence-electron chi connectivity index (χ0n) is 16.7. The van der Waals surface area contributed by atoms with Gasteiger partial charge in [0.25, 0.3) is 0 Å². The Hall–Kier alpha value is -3.73. The zero-order valence-corrected chi connectivity index (χ0v) is 16.7. The number of benzene rings is 3. The van der Waals surface area contributed by atoms with Crippen LogP contribution in [0.5, 0.6) is 0 Å². The van der Waals surface area contributed by atoms with Crippen LogP contribution in [0, 0.1) is 0 Å². The molecule has 1 amide bonds. The first kappa shape index (κ1) is 21.0. The minimum Gasteiger partial charge on any atom is -0.449 e. The fourth-order valence-electron chi connectivity index (χ4n) is 3.18. The van der Waals surface area contributed by atoms with Gasteiger partial charge in [0, 0.05) is 18.1 Å². The number of esters is 1. The normalized spacial score (nSPS) is 12.4. The van der Waals surface area contributed by atoms with E-state index in [0.29, 0.717) is 11.1 Å². The van der Waals surface area contributed by atoms with Gasteiger partial charge in [0.1, 0.15) is 0 Å². The summed E-state index contributed by atoms with van der Waals surface area (Å²) in [4.78, 5) is 37.5. The molecule has 5 nitrogen and oxygen atoms in total. The van der Waals surface area contributed by atoms with Crippen LogP contribution in [0.2, 0.25) is 0 Å². The predicted octanol–water partition coefficient (Wildman–Crippen LogP) is 4.42. The molecule has 0 aliphatic heterocycles. The van der Waals surface area contributed by atoms with Crippen LogP contribution in [0.1, 0.15) is 47.0 Å². The lowest BCUT2D eigenvalue weighted by Crippen LogP contribution is -2.29. The highest BCUT2D eigenvalue weighted by atomic mass is 16.5. The number of Topliss-reactive ketones (excluding diaryl/α,β-unsaturated/α-hetero) is 1. The minimum atomic E-state index is -1.06. The number of hydrogen-bond acceptors (Lipinski definition) is 4. The van der Waals surface area contributed by atoms with Crippen LogP contribution < -0.4 is 5.32 Å². The van der Waals surface area contributed by atoms with Gasteiger partial charge < -0.3 is 10.1 Å². The summed E-state index contributed by atoms with van der Waals surface area (Å²) in [5.74, 6) is -1.13. The molecule has 0 fully saturated rings. The second-order valence-electron chi connectivity index (χ2n) is 6.88. The van der Waals surface area contributed by atoms with Gasteiger partial charge in [-0.15, -0.1) is 0 Å². The molecule has 2 atom stereocenters. The van der Waals surface area contributed by atoms with Gasteiger partial charge in [-0.2, -0.15) is 0 Å². The molecule has 0 saturated heterocycles. The second kappa shape index (κ2) is 10.2. The number of ether oxygens (including phenoxy) is 1. The summed E-state index contributed by atoms with van der Waals surface area (Å²) in [7, 11) is 0. The van der Waals surface area contributed by atoms with Crippen LogP contribution in [0.3, 0.4) is 0 Å². The first-order valence-electron chi connectivity index (χ1n) is 9.70. The summed E-state index contributed by atoms with van der Waals surface area (Å²) in [5, 5.41) is 2.78. The van der Waals surface area contributed by atoms with E-state index < -0.39 is 18.1 Å². The first-order valence-corrected chi connectivity index (χ1v) is 9.70.